The number of nitrogens with two attached hydrogens (primary N) is 1. The zero-order chi connectivity index (χ0) is 19.8. The molecule has 1 aliphatic heterocycles. The number of hydrogen-bond acceptors (Lipinski definition) is 4. The van der Waals surface area contributed by atoms with Crippen LogP contribution < -0.4 is 16.0 Å². The Hall–Kier alpha value is -3.16. The number of carbonyl (C=O) groups excluding carboxylic acids is 3. The van der Waals surface area contributed by atoms with Crippen LogP contribution >= 0.6 is 0 Å². The van der Waals surface area contributed by atoms with E-state index >= 15 is 0 Å². The van der Waals surface area contributed by atoms with E-state index in [9.17, 15) is 14.4 Å². The molecular weight excluding hydrogens is 358 g/mol. The van der Waals surface area contributed by atoms with Crippen molar-refractivity contribution >= 4 is 29.2 Å². The van der Waals surface area contributed by atoms with Gasteiger partial charge in [0.25, 0.3) is 0 Å². The molecule has 1 aliphatic carbocycles. The highest BCUT2D eigenvalue weighted by Gasteiger charge is 2.35. The maximum Gasteiger partial charge on any atom is 0.240 e. The van der Waals surface area contributed by atoms with Gasteiger partial charge >= 0.3 is 0 Å². The van der Waals surface area contributed by atoms with Gasteiger partial charge in [0.2, 0.25) is 17.7 Å². The molecule has 4 N–H and O–H groups in total. The molecule has 2 unspecified atom stereocenters. The third-order valence-corrected chi connectivity index (χ3v) is 5.47. The van der Waals surface area contributed by atoms with Gasteiger partial charge in [-0.2, -0.15) is 5.10 Å². The molecule has 8 heteroatoms. The average Bonchev–Trinajstić information content (AvgIpc) is 3.31. The Morgan fingerprint density at radius 3 is 2.61 bits per heavy atom. The van der Waals surface area contributed by atoms with Gasteiger partial charge in [0.1, 0.15) is 6.04 Å². The van der Waals surface area contributed by atoms with Crippen molar-refractivity contribution in [1.82, 2.24) is 10.2 Å². The normalized spacial score (nSPS) is 20.2. The van der Waals surface area contributed by atoms with Crippen LogP contribution in [-0.4, -0.2) is 34.0 Å². The summed E-state index contributed by atoms with van der Waals surface area (Å²) in [5.41, 5.74) is 7.89. The molecule has 1 aromatic heterocycles. The fourth-order valence-corrected chi connectivity index (χ4v) is 3.59. The summed E-state index contributed by atoms with van der Waals surface area (Å²) >= 11 is 0. The quantitative estimate of drug-likeness (QED) is 0.708. The van der Waals surface area contributed by atoms with E-state index in [2.05, 4.69) is 15.5 Å². The molecule has 1 aromatic carbocycles. The minimum Gasteiger partial charge on any atom is -0.368 e. The lowest BCUT2D eigenvalue weighted by molar-refractivity contribution is -0.121. The number of nitrogens with zero attached hydrogens (tertiary/aromatic N) is 2. The van der Waals surface area contributed by atoms with Crippen LogP contribution in [0.2, 0.25) is 0 Å². The molecule has 2 aromatic rings. The Kier molecular flexibility index (Phi) is 4.62. The first-order valence-electron chi connectivity index (χ1n) is 9.51. The third kappa shape index (κ3) is 3.49. The fourth-order valence-electron chi connectivity index (χ4n) is 3.59. The highest BCUT2D eigenvalue weighted by atomic mass is 16.2. The summed E-state index contributed by atoms with van der Waals surface area (Å²) < 4.78 is 0. The van der Waals surface area contributed by atoms with E-state index in [1.165, 1.54) is 4.90 Å². The first kappa shape index (κ1) is 18.2. The first-order chi connectivity index (χ1) is 13.4. The van der Waals surface area contributed by atoms with Gasteiger partial charge in [-0.3, -0.25) is 24.4 Å². The zero-order valence-corrected chi connectivity index (χ0v) is 15.6. The van der Waals surface area contributed by atoms with Crippen molar-refractivity contribution in [3.63, 3.8) is 0 Å². The number of amides is 3. The molecule has 28 heavy (non-hydrogen) atoms. The second-order valence-electron chi connectivity index (χ2n) is 7.51. The van der Waals surface area contributed by atoms with Crippen molar-refractivity contribution in [2.45, 2.75) is 50.5 Å². The molecule has 4 rings (SSSR count). The molecule has 2 aliphatic rings. The third-order valence-electron chi connectivity index (χ3n) is 5.47. The summed E-state index contributed by atoms with van der Waals surface area (Å²) in [6.45, 7) is 1.81. The topological polar surface area (TPSA) is 121 Å². The summed E-state index contributed by atoms with van der Waals surface area (Å²) in [6, 6.07) is 8.36. The Labute approximate surface area is 162 Å². The molecular formula is C20H23N5O3. The lowest BCUT2D eigenvalue weighted by Crippen LogP contribution is -2.42. The summed E-state index contributed by atoms with van der Waals surface area (Å²) in [5.74, 6) is -0.104. The minimum atomic E-state index is -0.612. The molecule has 8 nitrogen and oxygen atoms in total. The van der Waals surface area contributed by atoms with E-state index in [0.29, 0.717) is 30.3 Å². The van der Waals surface area contributed by atoms with E-state index < -0.39 is 17.9 Å². The number of rotatable bonds is 6. The van der Waals surface area contributed by atoms with Gasteiger partial charge in [-0.15, -0.1) is 0 Å². The van der Waals surface area contributed by atoms with Gasteiger partial charge in [-0.25, -0.2) is 0 Å². The van der Waals surface area contributed by atoms with Crippen molar-refractivity contribution in [3.05, 3.63) is 41.6 Å². The van der Waals surface area contributed by atoms with Crippen LogP contribution in [-0.2, 0) is 14.4 Å². The summed E-state index contributed by atoms with van der Waals surface area (Å²) in [4.78, 5) is 37.7. The van der Waals surface area contributed by atoms with E-state index in [-0.39, 0.29) is 11.8 Å². The number of primary amides is 1. The highest BCUT2D eigenvalue weighted by Crippen LogP contribution is 2.39. The van der Waals surface area contributed by atoms with Crippen LogP contribution in [0.3, 0.4) is 0 Å². The van der Waals surface area contributed by atoms with E-state index in [0.717, 1.165) is 24.1 Å². The number of aromatic amines is 1. The summed E-state index contributed by atoms with van der Waals surface area (Å²) in [7, 11) is 0. The number of anilines is 2. The second kappa shape index (κ2) is 7.10. The van der Waals surface area contributed by atoms with Crippen molar-refractivity contribution < 1.29 is 14.4 Å². The first-order valence-corrected chi connectivity index (χ1v) is 9.51. The van der Waals surface area contributed by atoms with Crippen molar-refractivity contribution in [3.8, 4) is 0 Å². The molecule has 0 spiro atoms. The van der Waals surface area contributed by atoms with Gasteiger partial charge in [-0.05, 0) is 43.9 Å². The maximum absolute atomic E-state index is 12.6. The molecule has 2 atom stereocenters. The SMILES string of the molecule is CC(C(=O)Nc1cc(C2CC2)[nH]n1)c1ccc(N2C(=O)CCC2C(N)=O)cc1. The lowest BCUT2D eigenvalue weighted by Gasteiger charge is -2.23. The number of aromatic nitrogens is 2. The van der Waals surface area contributed by atoms with Gasteiger partial charge in [0.15, 0.2) is 5.82 Å². The van der Waals surface area contributed by atoms with E-state index in [1.807, 2.05) is 13.0 Å². The monoisotopic (exact) mass is 381 g/mol. The van der Waals surface area contributed by atoms with E-state index in [4.69, 9.17) is 5.73 Å². The largest absolute Gasteiger partial charge is 0.368 e. The maximum atomic E-state index is 12.6. The summed E-state index contributed by atoms with van der Waals surface area (Å²) in [6.07, 6.45) is 3.06. The second-order valence-corrected chi connectivity index (χ2v) is 7.51. The zero-order valence-electron chi connectivity index (χ0n) is 15.6. The number of benzene rings is 1. The molecule has 146 valence electrons. The standard InChI is InChI=1S/C20H23N5O3/c1-11(20(28)22-17-10-15(23-24-17)13-2-3-13)12-4-6-14(7-5-12)25-16(19(21)27)8-9-18(25)26/h4-7,10-11,13,16H,2-3,8-9H2,1H3,(H2,21,27)(H2,22,23,24,28). The van der Waals surface area contributed by atoms with Crippen LogP contribution in [0.15, 0.2) is 30.3 Å². The van der Waals surface area contributed by atoms with Gasteiger partial charge < -0.3 is 11.1 Å². The van der Waals surface area contributed by atoms with Crippen LogP contribution in [0.5, 0.6) is 0 Å². The fraction of sp³-hybridized carbons (Fsp3) is 0.400. The van der Waals surface area contributed by atoms with Crippen LogP contribution in [0.25, 0.3) is 0 Å². The van der Waals surface area contributed by atoms with Gasteiger partial charge in [0, 0.05) is 29.8 Å². The minimum absolute atomic E-state index is 0.118. The molecule has 3 amide bonds. The number of nitrogens with one attached hydrogen (secondary N) is 2. The Balaban J connectivity index is 1.44. The number of hydrogen-bond donors (Lipinski definition) is 3. The predicted octanol–water partition coefficient (Wildman–Crippen LogP) is 2.01. The summed E-state index contributed by atoms with van der Waals surface area (Å²) in [5, 5.41) is 9.95. The van der Waals surface area contributed by atoms with Crippen molar-refractivity contribution in [1.29, 1.82) is 0 Å². The predicted molar refractivity (Wildman–Crippen MR) is 104 cm³/mol. The molecule has 0 bridgehead atoms. The molecule has 2 heterocycles. The lowest BCUT2D eigenvalue weighted by atomic mass is 9.99. The molecule has 1 saturated carbocycles. The smallest absolute Gasteiger partial charge is 0.240 e. The Morgan fingerprint density at radius 1 is 1.25 bits per heavy atom. The van der Waals surface area contributed by atoms with Gasteiger partial charge in [-0.1, -0.05) is 12.1 Å². The molecule has 0 radical (unpaired) electrons. The van der Waals surface area contributed by atoms with E-state index in [1.54, 1.807) is 24.3 Å². The Bertz CT molecular complexity index is 916. The molecule has 1 saturated heterocycles. The van der Waals surface area contributed by atoms with Crippen LogP contribution in [0.1, 0.15) is 55.7 Å². The Morgan fingerprint density at radius 2 is 1.96 bits per heavy atom. The van der Waals surface area contributed by atoms with Gasteiger partial charge in [0.05, 0.1) is 5.92 Å². The number of carbonyl (C=O) groups is 3. The van der Waals surface area contributed by atoms with Crippen molar-refractivity contribution in [2.75, 3.05) is 10.2 Å². The highest BCUT2D eigenvalue weighted by molar-refractivity contribution is 6.03. The van der Waals surface area contributed by atoms with Crippen LogP contribution in [0, 0.1) is 0 Å². The van der Waals surface area contributed by atoms with Crippen LogP contribution in [0.4, 0.5) is 11.5 Å². The molecule has 2 fully saturated rings. The van der Waals surface area contributed by atoms with Crippen molar-refractivity contribution in [2.24, 2.45) is 5.73 Å². The number of H-pyrrole nitrogens is 1. The average molecular weight is 381 g/mol.